The maximum absolute atomic E-state index is 12.3. The van der Waals surface area contributed by atoms with Crippen LogP contribution in [0.5, 0.6) is 0 Å². The van der Waals surface area contributed by atoms with Crippen LogP contribution >= 0.6 is 11.6 Å². The molecule has 0 aliphatic heterocycles. The first-order valence-corrected chi connectivity index (χ1v) is 8.14. The second kappa shape index (κ2) is 5.78. The van der Waals surface area contributed by atoms with Crippen molar-refractivity contribution in [1.82, 2.24) is 14.5 Å². The molecular formula is C14H11ClN4O2S. The van der Waals surface area contributed by atoms with Crippen molar-refractivity contribution >= 4 is 27.3 Å². The lowest BCUT2D eigenvalue weighted by molar-refractivity contribution is 0.601. The molecule has 1 N–H and O–H groups in total. The lowest BCUT2D eigenvalue weighted by Gasteiger charge is -2.09. The van der Waals surface area contributed by atoms with E-state index in [-0.39, 0.29) is 9.92 Å². The number of benzene rings is 1. The number of halogens is 1. The summed E-state index contributed by atoms with van der Waals surface area (Å²) in [5.41, 5.74) is 0.351. The number of pyridine rings is 1. The summed E-state index contributed by atoms with van der Waals surface area (Å²) in [6.07, 6.45) is 6.42. The van der Waals surface area contributed by atoms with Crippen LogP contribution in [0.1, 0.15) is 0 Å². The molecule has 0 fully saturated rings. The predicted octanol–water partition coefficient (Wildman–Crippen LogP) is 2.72. The van der Waals surface area contributed by atoms with Gasteiger partial charge in [0, 0.05) is 12.4 Å². The zero-order valence-corrected chi connectivity index (χ0v) is 12.8. The van der Waals surface area contributed by atoms with E-state index in [1.54, 1.807) is 47.6 Å². The Hall–Kier alpha value is -2.38. The van der Waals surface area contributed by atoms with Crippen LogP contribution in [0.4, 0.5) is 5.69 Å². The molecule has 0 atom stereocenters. The van der Waals surface area contributed by atoms with Crippen LogP contribution in [-0.4, -0.2) is 23.0 Å². The van der Waals surface area contributed by atoms with Crippen molar-refractivity contribution in [3.05, 3.63) is 66.3 Å². The Bertz CT molecular complexity index is 877. The molecule has 0 saturated heterocycles. The van der Waals surface area contributed by atoms with Crippen molar-refractivity contribution in [3.8, 4) is 5.82 Å². The molecule has 3 rings (SSSR count). The first-order chi connectivity index (χ1) is 10.6. The molecule has 1 aromatic carbocycles. The van der Waals surface area contributed by atoms with E-state index >= 15 is 0 Å². The molecule has 2 aromatic heterocycles. The molecule has 0 spiro atoms. The quantitative estimate of drug-likeness (QED) is 0.795. The maximum atomic E-state index is 12.3. The van der Waals surface area contributed by atoms with E-state index in [1.807, 2.05) is 0 Å². The molecule has 0 unspecified atom stereocenters. The van der Waals surface area contributed by atoms with Crippen LogP contribution in [-0.2, 0) is 10.0 Å². The number of nitrogens with zero attached hydrogens (tertiary/aromatic N) is 3. The van der Waals surface area contributed by atoms with Crippen molar-refractivity contribution in [1.29, 1.82) is 0 Å². The second-order valence-corrected chi connectivity index (χ2v) is 6.47. The zero-order chi connectivity index (χ0) is 15.6. The summed E-state index contributed by atoms with van der Waals surface area (Å²) in [7, 11) is -3.75. The normalized spacial score (nSPS) is 11.3. The van der Waals surface area contributed by atoms with Gasteiger partial charge in [0.05, 0.1) is 16.9 Å². The van der Waals surface area contributed by atoms with E-state index in [1.165, 1.54) is 18.3 Å². The SMILES string of the molecule is O=S(=O)(Nc1ccc(-n2ccnc2)nc1)c1ccccc1Cl. The third-order valence-corrected chi connectivity index (χ3v) is 4.78. The molecule has 0 radical (unpaired) electrons. The van der Waals surface area contributed by atoms with Gasteiger partial charge in [-0.2, -0.15) is 0 Å². The van der Waals surface area contributed by atoms with Crippen molar-refractivity contribution in [2.75, 3.05) is 4.72 Å². The number of hydrogen-bond acceptors (Lipinski definition) is 4. The molecule has 0 aliphatic rings. The molecule has 0 bridgehead atoms. The van der Waals surface area contributed by atoms with E-state index < -0.39 is 10.0 Å². The molecule has 112 valence electrons. The van der Waals surface area contributed by atoms with Crippen molar-refractivity contribution < 1.29 is 8.42 Å². The molecule has 3 aromatic rings. The first-order valence-electron chi connectivity index (χ1n) is 6.28. The summed E-state index contributed by atoms with van der Waals surface area (Å²) < 4.78 is 28.8. The maximum Gasteiger partial charge on any atom is 0.263 e. The second-order valence-electron chi connectivity index (χ2n) is 4.41. The average Bonchev–Trinajstić information content (AvgIpc) is 3.02. The Morgan fingerprint density at radius 1 is 1.14 bits per heavy atom. The summed E-state index contributed by atoms with van der Waals surface area (Å²) in [5, 5.41) is 0.165. The number of hydrogen-bond donors (Lipinski definition) is 1. The molecule has 22 heavy (non-hydrogen) atoms. The fraction of sp³-hybridized carbons (Fsp3) is 0. The molecule has 2 heterocycles. The van der Waals surface area contributed by atoms with Gasteiger partial charge in [-0.25, -0.2) is 18.4 Å². The number of anilines is 1. The fourth-order valence-electron chi connectivity index (χ4n) is 1.87. The van der Waals surface area contributed by atoms with Gasteiger partial charge in [-0.05, 0) is 24.3 Å². The van der Waals surface area contributed by atoms with Gasteiger partial charge in [-0.1, -0.05) is 23.7 Å². The minimum absolute atomic E-state index is 0.0235. The zero-order valence-electron chi connectivity index (χ0n) is 11.2. The number of rotatable bonds is 4. The van der Waals surface area contributed by atoms with Gasteiger partial charge >= 0.3 is 0 Å². The highest BCUT2D eigenvalue weighted by molar-refractivity contribution is 7.92. The third-order valence-electron chi connectivity index (χ3n) is 2.90. The Morgan fingerprint density at radius 3 is 2.59 bits per heavy atom. The van der Waals surface area contributed by atoms with Gasteiger partial charge in [0.25, 0.3) is 10.0 Å². The highest BCUT2D eigenvalue weighted by atomic mass is 35.5. The largest absolute Gasteiger partial charge is 0.291 e. The Kier molecular flexibility index (Phi) is 3.82. The van der Waals surface area contributed by atoms with Gasteiger partial charge in [-0.3, -0.25) is 9.29 Å². The lowest BCUT2D eigenvalue weighted by Crippen LogP contribution is -2.13. The molecule has 6 nitrogen and oxygen atoms in total. The van der Waals surface area contributed by atoms with E-state index in [4.69, 9.17) is 11.6 Å². The van der Waals surface area contributed by atoms with Crippen LogP contribution in [0.25, 0.3) is 5.82 Å². The first kappa shape index (κ1) is 14.6. The number of aromatic nitrogens is 3. The van der Waals surface area contributed by atoms with Gasteiger partial charge < -0.3 is 0 Å². The standard InChI is InChI=1S/C14H11ClN4O2S/c15-12-3-1-2-4-13(12)22(20,21)18-11-5-6-14(17-9-11)19-8-7-16-10-19/h1-10,18H. The number of nitrogens with one attached hydrogen (secondary N) is 1. The summed E-state index contributed by atoms with van der Waals surface area (Å²) in [4.78, 5) is 8.13. The van der Waals surface area contributed by atoms with E-state index in [2.05, 4.69) is 14.7 Å². The summed E-state index contributed by atoms with van der Waals surface area (Å²) in [6, 6.07) is 9.56. The van der Waals surface area contributed by atoms with Gasteiger partial charge in [0.15, 0.2) is 0 Å². The molecule has 0 amide bonds. The monoisotopic (exact) mass is 334 g/mol. The van der Waals surface area contributed by atoms with Crippen LogP contribution in [0, 0.1) is 0 Å². The number of sulfonamides is 1. The topological polar surface area (TPSA) is 76.9 Å². The van der Waals surface area contributed by atoms with Crippen molar-refractivity contribution in [3.63, 3.8) is 0 Å². The van der Waals surface area contributed by atoms with E-state index in [0.29, 0.717) is 11.5 Å². The average molecular weight is 335 g/mol. The van der Waals surface area contributed by atoms with E-state index in [9.17, 15) is 8.42 Å². The van der Waals surface area contributed by atoms with Crippen LogP contribution in [0.2, 0.25) is 5.02 Å². The molecule has 8 heteroatoms. The van der Waals surface area contributed by atoms with Crippen LogP contribution in [0.3, 0.4) is 0 Å². The highest BCUT2D eigenvalue weighted by Gasteiger charge is 2.17. The van der Waals surface area contributed by atoms with Crippen molar-refractivity contribution in [2.24, 2.45) is 0 Å². The fourth-order valence-corrected chi connectivity index (χ4v) is 3.43. The van der Waals surface area contributed by atoms with Gasteiger partial charge in [0.2, 0.25) is 0 Å². The molecular weight excluding hydrogens is 324 g/mol. The molecule has 0 saturated carbocycles. The van der Waals surface area contributed by atoms with E-state index in [0.717, 1.165) is 0 Å². The minimum atomic E-state index is -3.75. The minimum Gasteiger partial charge on any atom is -0.291 e. The summed E-state index contributed by atoms with van der Waals surface area (Å²) in [6.45, 7) is 0. The van der Waals surface area contributed by atoms with Crippen molar-refractivity contribution in [2.45, 2.75) is 4.90 Å². The molecule has 0 aliphatic carbocycles. The van der Waals surface area contributed by atoms with Gasteiger partial charge in [0.1, 0.15) is 17.0 Å². The lowest BCUT2D eigenvalue weighted by atomic mass is 10.4. The smallest absolute Gasteiger partial charge is 0.263 e. The Labute approximate surface area is 132 Å². The van der Waals surface area contributed by atoms with Crippen LogP contribution in [0.15, 0.2) is 66.2 Å². The Balaban J connectivity index is 1.86. The number of imidazole rings is 1. The summed E-state index contributed by atoms with van der Waals surface area (Å²) in [5.74, 6) is 0.637. The summed E-state index contributed by atoms with van der Waals surface area (Å²) >= 11 is 5.92. The Morgan fingerprint density at radius 2 is 1.95 bits per heavy atom. The predicted molar refractivity (Wildman–Crippen MR) is 83.6 cm³/mol. The van der Waals surface area contributed by atoms with Crippen LogP contribution < -0.4 is 4.72 Å². The third kappa shape index (κ3) is 2.95. The highest BCUT2D eigenvalue weighted by Crippen LogP contribution is 2.23. The van der Waals surface area contributed by atoms with Gasteiger partial charge in [-0.15, -0.1) is 0 Å².